The van der Waals surface area contributed by atoms with Crippen LogP contribution in [0.25, 0.3) is 5.76 Å². The fraction of sp³-hybridized carbons (Fsp3) is 0.0714. The number of benzene rings is 1. The molecule has 1 aromatic heterocycles. The number of hydrogen-bond acceptors (Lipinski definition) is 6. The Morgan fingerprint density at radius 3 is 3.05 bits per heavy atom. The highest BCUT2D eigenvalue weighted by Gasteiger charge is 2.29. The van der Waals surface area contributed by atoms with E-state index < -0.39 is 5.91 Å². The van der Waals surface area contributed by atoms with Gasteiger partial charge in [-0.3, -0.25) is 10.1 Å². The van der Waals surface area contributed by atoms with Crippen LogP contribution in [-0.4, -0.2) is 32.7 Å². The van der Waals surface area contributed by atoms with Crippen molar-refractivity contribution in [3.8, 4) is 0 Å². The Morgan fingerprint density at radius 1 is 1.50 bits per heavy atom. The number of hydrogen-bond donors (Lipinski definition) is 3. The first-order valence-corrected chi connectivity index (χ1v) is 7.24. The van der Waals surface area contributed by atoms with Gasteiger partial charge in [0.05, 0.1) is 5.69 Å². The number of aliphatic hydroxyl groups is 1. The smallest absolute Gasteiger partial charge is 0.270 e. The molecular formula is C14H13N5O2S. The third kappa shape index (κ3) is 2.56. The lowest BCUT2D eigenvalue weighted by Crippen LogP contribution is -2.25. The second-order valence-electron chi connectivity index (χ2n) is 4.42. The molecule has 3 N–H and O–H groups in total. The second-order valence-corrected chi connectivity index (χ2v) is 5.46. The molecule has 0 fully saturated rings. The summed E-state index contributed by atoms with van der Waals surface area (Å²) >= 11 is 1.15. The molecule has 1 aliphatic rings. The maximum absolute atomic E-state index is 12.3. The first-order valence-electron chi connectivity index (χ1n) is 6.46. The average Bonchev–Trinajstić information content (AvgIpc) is 3.03. The summed E-state index contributed by atoms with van der Waals surface area (Å²) < 4.78 is 1.89. The number of fused-ring (bicyclic) bond motifs is 1. The number of aromatic nitrogens is 3. The quantitative estimate of drug-likeness (QED) is 0.592. The van der Waals surface area contributed by atoms with Crippen LogP contribution in [0.1, 0.15) is 5.56 Å². The summed E-state index contributed by atoms with van der Waals surface area (Å²) in [6, 6.07) is 7.33. The Balaban J connectivity index is 1.96. The lowest BCUT2D eigenvalue weighted by Gasteiger charge is -2.29. The van der Waals surface area contributed by atoms with Crippen molar-refractivity contribution in [1.82, 2.24) is 15.2 Å². The van der Waals surface area contributed by atoms with Gasteiger partial charge in [-0.2, -0.15) is 10.1 Å². The van der Waals surface area contributed by atoms with Crippen LogP contribution in [0, 0.1) is 0 Å². The highest BCUT2D eigenvalue weighted by molar-refractivity contribution is 8.05. The van der Waals surface area contributed by atoms with Crippen LogP contribution in [0.15, 0.2) is 48.2 Å². The van der Waals surface area contributed by atoms with Crippen LogP contribution in [-0.2, 0) is 4.79 Å². The molecule has 0 radical (unpaired) electrons. The van der Waals surface area contributed by atoms with Crippen molar-refractivity contribution in [2.75, 3.05) is 16.2 Å². The highest BCUT2D eigenvalue weighted by Crippen LogP contribution is 2.41. The maximum atomic E-state index is 12.3. The molecule has 0 saturated heterocycles. The van der Waals surface area contributed by atoms with E-state index in [1.807, 2.05) is 22.5 Å². The van der Waals surface area contributed by atoms with Crippen LogP contribution in [0.5, 0.6) is 0 Å². The van der Waals surface area contributed by atoms with E-state index >= 15 is 0 Å². The van der Waals surface area contributed by atoms with Crippen LogP contribution < -0.4 is 9.62 Å². The molecule has 1 amide bonds. The number of aromatic amines is 1. The van der Waals surface area contributed by atoms with E-state index in [4.69, 9.17) is 0 Å². The van der Waals surface area contributed by atoms with Crippen LogP contribution in [0.2, 0.25) is 0 Å². The number of nitrogens with one attached hydrogen (secondary N) is 2. The summed E-state index contributed by atoms with van der Waals surface area (Å²) in [6.07, 6.45) is 3.02. The van der Waals surface area contributed by atoms with Gasteiger partial charge in [-0.15, -0.1) is 6.58 Å². The second kappa shape index (κ2) is 5.94. The Labute approximate surface area is 130 Å². The first-order chi connectivity index (χ1) is 10.7. The molecule has 3 rings (SSSR count). The van der Waals surface area contributed by atoms with Gasteiger partial charge in [-0.25, -0.2) is 5.10 Å². The van der Waals surface area contributed by atoms with Gasteiger partial charge in [0, 0.05) is 12.1 Å². The molecule has 2 aromatic rings. The highest BCUT2D eigenvalue weighted by atomic mass is 32.2. The summed E-state index contributed by atoms with van der Waals surface area (Å²) in [5.74, 6) is -0.291. The van der Waals surface area contributed by atoms with Crippen LogP contribution in [0.4, 0.5) is 11.6 Å². The number of amides is 1. The molecule has 1 aromatic carbocycles. The number of H-pyrrole nitrogens is 1. The van der Waals surface area contributed by atoms with Crippen molar-refractivity contribution in [3.63, 3.8) is 0 Å². The number of nitrogens with zero attached hydrogens (tertiary/aromatic N) is 3. The summed E-state index contributed by atoms with van der Waals surface area (Å²) in [4.78, 5) is 16.4. The fourth-order valence-electron chi connectivity index (χ4n) is 2.05. The Bertz CT molecular complexity index is 741. The molecule has 1 aliphatic heterocycles. The van der Waals surface area contributed by atoms with Crippen molar-refractivity contribution in [3.05, 3.63) is 53.7 Å². The normalized spacial score (nSPS) is 13.7. The van der Waals surface area contributed by atoms with Gasteiger partial charge in [0.2, 0.25) is 5.95 Å². The van der Waals surface area contributed by atoms with Gasteiger partial charge in [0.1, 0.15) is 17.0 Å². The van der Waals surface area contributed by atoms with Gasteiger partial charge in [-0.1, -0.05) is 18.2 Å². The van der Waals surface area contributed by atoms with E-state index in [2.05, 4.69) is 27.1 Å². The molecule has 22 heavy (non-hydrogen) atoms. The molecule has 0 atom stereocenters. The van der Waals surface area contributed by atoms with E-state index in [1.54, 1.807) is 12.1 Å². The number of para-hydroxylation sites is 1. The lowest BCUT2D eigenvalue weighted by atomic mass is 10.1. The largest absolute Gasteiger partial charge is 0.506 e. The SMILES string of the molecule is C=CCN1SC(C(=O)Nc2ncn[nH]2)=C(O)c2ccccc21. The third-order valence-corrected chi connectivity index (χ3v) is 4.12. The maximum Gasteiger partial charge on any atom is 0.270 e. The molecule has 112 valence electrons. The Hall–Kier alpha value is -2.74. The van der Waals surface area contributed by atoms with Crippen molar-refractivity contribution in [2.24, 2.45) is 0 Å². The van der Waals surface area contributed by atoms with Gasteiger partial charge in [0.15, 0.2) is 0 Å². The zero-order valence-electron chi connectivity index (χ0n) is 11.5. The third-order valence-electron chi connectivity index (χ3n) is 2.99. The number of carbonyl (C=O) groups is 1. The number of anilines is 2. The lowest BCUT2D eigenvalue weighted by molar-refractivity contribution is -0.112. The van der Waals surface area contributed by atoms with Crippen LogP contribution >= 0.6 is 11.9 Å². The molecule has 0 unspecified atom stereocenters. The molecule has 0 bridgehead atoms. The zero-order chi connectivity index (χ0) is 15.5. The molecule has 0 spiro atoms. The van der Waals surface area contributed by atoms with E-state index in [1.165, 1.54) is 6.33 Å². The van der Waals surface area contributed by atoms with Gasteiger partial charge >= 0.3 is 0 Å². The van der Waals surface area contributed by atoms with Crippen LogP contribution in [0.3, 0.4) is 0 Å². The molecule has 0 saturated carbocycles. The molecule has 2 heterocycles. The summed E-state index contributed by atoms with van der Waals surface area (Å²) in [5, 5.41) is 19.2. The predicted octanol–water partition coefficient (Wildman–Crippen LogP) is 2.32. The topological polar surface area (TPSA) is 94.1 Å². The van der Waals surface area contributed by atoms with Crippen molar-refractivity contribution in [1.29, 1.82) is 0 Å². The van der Waals surface area contributed by atoms with E-state index in [-0.39, 0.29) is 16.6 Å². The predicted molar refractivity (Wildman–Crippen MR) is 86.1 cm³/mol. The Kier molecular flexibility index (Phi) is 3.84. The van der Waals surface area contributed by atoms with E-state index in [0.29, 0.717) is 12.1 Å². The number of aliphatic hydroxyl groups excluding tert-OH is 1. The molecule has 7 nitrogen and oxygen atoms in total. The molecule has 8 heteroatoms. The van der Waals surface area contributed by atoms with Gasteiger partial charge in [-0.05, 0) is 24.1 Å². The minimum Gasteiger partial charge on any atom is -0.506 e. The summed E-state index contributed by atoms with van der Waals surface area (Å²) in [6.45, 7) is 4.26. The van der Waals surface area contributed by atoms with Crippen molar-refractivity contribution in [2.45, 2.75) is 0 Å². The standard InChI is InChI=1S/C14H13N5O2S/c1-2-7-19-10-6-4-3-5-9(10)11(20)12(22-19)13(21)17-14-15-8-16-18-14/h2-6,8,20H,1,7H2,(H2,15,16,17,18,21). The minimum atomic E-state index is -0.456. The van der Waals surface area contributed by atoms with E-state index in [9.17, 15) is 9.90 Å². The van der Waals surface area contributed by atoms with Gasteiger partial charge < -0.3 is 9.41 Å². The first kappa shape index (κ1) is 14.2. The summed E-state index contributed by atoms with van der Waals surface area (Å²) in [5.41, 5.74) is 1.44. The van der Waals surface area contributed by atoms with E-state index in [0.717, 1.165) is 17.6 Å². The molecular weight excluding hydrogens is 302 g/mol. The number of rotatable bonds is 4. The summed E-state index contributed by atoms with van der Waals surface area (Å²) in [7, 11) is 0. The van der Waals surface area contributed by atoms with Crippen molar-refractivity contribution >= 4 is 35.2 Å². The fourth-order valence-corrected chi connectivity index (χ4v) is 3.04. The minimum absolute atomic E-state index is 0.0575. The average molecular weight is 315 g/mol. The zero-order valence-corrected chi connectivity index (χ0v) is 12.3. The number of carbonyl (C=O) groups excluding carboxylic acids is 1. The van der Waals surface area contributed by atoms with Crippen molar-refractivity contribution < 1.29 is 9.90 Å². The molecule has 0 aliphatic carbocycles. The monoisotopic (exact) mass is 315 g/mol. The van der Waals surface area contributed by atoms with Gasteiger partial charge in [0.25, 0.3) is 5.91 Å². The Morgan fingerprint density at radius 2 is 2.32 bits per heavy atom.